The first-order chi connectivity index (χ1) is 19.6. The van der Waals surface area contributed by atoms with Crippen molar-refractivity contribution in [2.45, 2.75) is 24.5 Å². The Bertz CT molecular complexity index is 1580. The van der Waals surface area contributed by atoms with Crippen LogP contribution in [-0.4, -0.2) is 110 Å². The van der Waals surface area contributed by atoms with Crippen molar-refractivity contribution >= 4 is 60.1 Å². The number of ether oxygens (including phenoxy) is 1. The zero-order valence-corrected chi connectivity index (χ0v) is 24.8. The van der Waals surface area contributed by atoms with Crippen LogP contribution in [0.2, 0.25) is 0 Å². The minimum atomic E-state index is -5.90. The topological polar surface area (TPSA) is 384 Å². The Labute approximate surface area is 238 Å². The Morgan fingerprint density at radius 3 is 2.37 bits per heavy atom. The first-order valence-electron chi connectivity index (χ1n) is 10.9. The lowest BCUT2D eigenvalue weighted by molar-refractivity contribution is -0.137. The number of fused-ring (bicyclic) bond motifs is 1. The van der Waals surface area contributed by atoms with Gasteiger partial charge in [-0.25, -0.2) is 33.2 Å². The molecule has 3 rings (SSSR count). The van der Waals surface area contributed by atoms with Gasteiger partial charge in [-0.3, -0.25) is 18.4 Å². The van der Waals surface area contributed by atoms with Crippen LogP contribution in [0, 0.1) is 0 Å². The Balaban J connectivity index is 1.90. The Kier molecular flexibility index (Phi) is 10.5. The van der Waals surface area contributed by atoms with Crippen molar-refractivity contribution in [2.75, 3.05) is 25.9 Å². The maximum absolute atomic E-state index is 12.8. The van der Waals surface area contributed by atoms with Gasteiger partial charge >= 0.3 is 37.2 Å². The summed E-state index contributed by atoms with van der Waals surface area (Å²) in [4.78, 5) is 70.1. The van der Waals surface area contributed by atoms with Gasteiger partial charge in [-0.15, -0.1) is 4.76 Å². The fourth-order valence-corrected chi connectivity index (χ4v) is 7.48. The molecular formula is C14H24N8O17P4. The van der Waals surface area contributed by atoms with Crippen molar-refractivity contribution in [3.05, 3.63) is 12.7 Å². The number of nitrogens with two attached hydrogens (primary N) is 2. The van der Waals surface area contributed by atoms with Crippen molar-refractivity contribution in [2.24, 2.45) is 10.5 Å². The van der Waals surface area contributed by atoms with Crippen molar-refractivity contribution < 1.29 is 80.1 Å². The van der Waals surface area contributed by atoms with E-state index in [4.69, 9.17) is 35.6 Å². The van der Waals surface area contributed by atoms with E-state index in [9.17, 15) is 42.8 Å². The van der Waals surface area contributed by atoms with Crippen LogP contribution >= 0.6 is 31.2 Å². The molecule has 3 heterocycles. The zero-order valence-electron chi connectivity index (χ0n) is 21.2. The number of hydrogen-bond acceptors (Lipinski definition) is 15. The van der Waals surface area contributed by atoms with E-state index < -0.39 is 80.8 Å². The molecule has 2 aromatic heterocycles. The number of nitrogen functional groups attached to an aromatic ring is 1. The lowest BCUT2D eigenvalue weighted by atomic mass is 10.1. The number of nitrogens with zero attached hydrogens (tertiary/aromatic N) is 6. The number of aromatic nitrogens is 4. The number of phosphoric ester groups is 1. The number of aliphatic hydroxyl groups is 1. The molecule has 43 heavy (non-hydrogen) atoms. The highest BCUT2D eigenvalue weighted by atomic mass is 31.3. The van der Waals surface area contributed by atoms with Gasteiger partial charge < -0.3 is 55.8 Å². The Hall–Kier alpha value is -2.43. The predicted octanol–water partition coefficient (Wildman–Crippen LogP) is -2.17. The highest BCUT2D eigenvalue weighted by Gasteiger charge is 2.50. The standard InChI is InChI=1S/C14H24N8O17P4/c1-21(2-7(23)24)14(16)20-40(26,27)37-10-6(3-35-42(31,32)39-43(33,34)38-41(28,29)30)36-13(9(10)25)22-5-19-8-11(15)17-4-18-12(8)22/h4-6,9-10,13,25H,2-3H2,1H3,(H,23,24)(H,31,32)(H,33,34)(H2,15,17,18)(H2,28,29,30)(H3,16,20,26,27)/t6-,9-,10-,13-/m1/s1. The largest absolute Gasteiger partial charge is 0.490 e. The lowest BCUT2D eigenvalue weighted by Gasteiger charge is -2.23. The third kappa shape index (κ3) is 9.53. The summed E-state index contributed by atoms with van der Waals surface area (Å²) in [5, 5.41) is 19.9. The highest BCUT2D eigenvalue weighted by Crippen LogP contribution is 2.66. The van der Waals surface area contributed by atoms with Gasteiger partial charge in [0.15, 0.2) is 17.7 Å². The van der Waals surface area contributed by atoms with Gasteiger partial charge in [0.25, 0.3) is 0 Å². The molecule has 3 unspecified atom stereocenters. The molecule has 242 valence electrons. The Morgan fingerprint density at radius 2 is 1.77 bits per heavy atom. The number of carboxylic acids is 1. The number of anilines is 1. The first kappa shape index (κ1) is 35.1. The summed E-state index contributed by atoms with van der Waals surface area (Å²) in [6.07, 6.45) is -5.28. The first-order valence-corrected chi connectivity index (χ1v) is 17.0. The average Bonchev–Trinajstić information content (AvgIpc) is 3.36. The average molecular weight is 700 g/mol. The molecule has 1 fully saturated rings. The molecule has 0 aliphatic carbocycles. The molecule has 0 bridgehead atoms. The van der Waals surface area contributed by atoms with Crippen LogP contribution < -0.4 is 11.5 Å². The molecule has 1 saturated heterocycles. The summed E-state index contributed by atoms with van der Waals surface area (Å²) in [5.74, 6) is -2.24. The smallest absolute Gasteiger partial charge is 0.480 e. The molecule has 2 aromatic rings. The third-order valence-electron chi connectivity index (χ3n) is 5.04. The summed E-state index contributed by atoms with van der Waals surface area (Å²) < 4.78 is 74.1. The predicted molar refractivity (Wildman–Crippen MR) is 136 cm³/mol. The summed E-state index contributed by atoms with van der Waals surface area (Å²) in [6.45, 7) is -1.97. The minimum absolute atomic E-state index is 0.0198. The van der Waals surface area contributed by atoms with Gasteiger partial charge in [0.2, 0.25) is 5.96 Å². The zero-order chi connectivity index (χ0) is 32.5. The van der Waals surface area contributed by atoms with Gasteiger partial charge in [-0.2, -0.15) is 8.62 Å². The maximum Gasteiger partial charge on any atom is 0.490 e. The number of rotatable bonds is 13. The highest BCUT2D eigenvalue weighted by molar-refractivity contribution is 7.66. The van der Waals surface area contributed by atoms with E-state index in [1.54, 1.807) is 0 Å². The van der Waals surface area contributed by atoms with E-state index in [-0.39, 0.29) is 17.0 Å². The number of aliphatic carboxylic acids is 1. The number of likely N-dealkylation sites (N-methyl/N-ethyl adjacent to an activating group) is 1. The molecule has 0 saturated carbocycles. The van der Waals surface area contributed by atoms with Crippen LogP contribution in [-0.2, 0) is 45.5 Å². The van der Waals surface area contributed by atoms with Crippen LogP contribution in [0.1, 0.15) is 6.23 Å². The number of guanidine groups is 1. The number of carboxylic acid groups (broad SMARTS) is 1. The van der Waals surface area contributed by atoms with Crippen LogP contribution in [0.4, 0.5) is 5.82 Å². The van der Waals surface area contributed by atoms with Gasteiger partial charge in [0, 0.05) is 7.05 Å². The van der Waals surface area contributed by atoms with Gasteiger partial charge in [-0.05, 0) is 0 Å². The van der Waals surface area contributed by atoms with Crippen LogP contribution in [0.3, 0.4) is 0 Å². The molecule has 25 nitrogen and oxygen atoms in total. The molecule has 0 aromatic carbocycles. The number of carbonyl (C=O) groups is 1. The summed E-state index contributed by atoms with van der Waals surface area (Å²) >= 11 is 0. The van der Waals surface area contributed by atoms with E-state index in [0.29, 0.717) is 0 Å². The second-order valence-corrected chi connectivity index (χ2v) is 14.1. The van der Waals surface area contributed by atoms with Crippen LogP contribution in [0.25, 0.3) is 11.2 Å². The molecule has 0 radical (unpaired) electrons. The fraction of sp³-hybridized carbons (Fsp3) is 0.500. The number of phosphoric acid groups is 3. The van der Waals surface area contributed by atoms with Gasteiger partial charge in [0.05, 0.1) is 12.9 Å². The van der Waals surface area contributed by atoms with Gasteiger partial charge in [0.1, 0.15) is 36.7 Å². The molecule has 0 amide bonds. The molecular weight excluding hydrogens is 676 g/mol. The molecule has 29 heteroatoms. The number of hydrogen-bond donors (Lipinski definition) is 9. The number of aliphatic hydroxyl groups excluding tert-OH is 1. The summed E-state index contributed by atoms with van der Waals surface area (Å²) in [6, 6.07) is 0. The monoisotopic (exact) mass is 700 g/mol. The molecule has 1 aliphatic rings. The Morgan fingerprint density at radius 1 is 1.12 bits per heavy atom. The van der Waals surface area contributed by atoms with Crippen LogP contribution in [0.15, 0.2) is 17.4 Å². The van der Waals surface area contributed by atoms with Crippen LogP contribution in [0.5, 0.6) is 0 Å². The van der Waals surface area contributed by atoms with Crippen molar-refractivity contribution in [1.29, 1.82) is 0 Å². The molecule has 1 aliphatic heterocycles. The molecule has 11 N–H and O–H groups in total. The molecule has 7 atom stereocenters. The fourth-order valence-electron chi connectivity index (χ4n) is 3.41. The van der Waals surface area contributed by atoms with E-state index in [2.05, 4.69) is 32.9 Å². The maximum atomic E-state index is 12.8. The second kappa shape index (κ2) is 12.9. The number of imidazole rings is 1. The second-order valence-electron chi connectivity index (χ2n) is 8.29. The summed E-state index contributed by atoms with van der Waals surface area (Å²) in [7, 11) is -21.4. The SMILES string of the molecule is CN(CC(=O)O)C(N)=NP(=O)(O)O[C@H]1[C@@H](O)[C@H](n2cnc3c(N)ncnc32)O[C@@H]1COP(=O)(O)OP(=O)(O)OP(=O)(O)O. The molecule has 0 spiro atoms. The van der Waals surface area contributed by atoms with E-state index >= 15 is 0 Å². The summed E-state index contributed by atoms with van der Waals surface area (Å²) in [5.41, 5.74) is 11.3. The van der Waals surface area contributed by atoms with Crippen molar-refractivity contribution in [1.82, 2.24) is 24.4 Å². The van der Waals surface area contributed by atoms with Crippen molar-refractivity contribution in [3.63, 3.8) is 0 Å². The van der Waals surface area contributed by atoms with Gasteiger partial charge in [-0.1, -0.05) is 0 Å². The van der Waals surface area contributed by atoms with E-state index in [1.165, 1.54) is 0 Å². The van der Waals surface area contributed by atoms with E-state index in [0.717, 1.165) is 29.2 Å². The lowest BCUT2D eigenvalue weighted by Crippen LogP contribution is -2.38. The third-order valence-corrected chi connectivity index (χ3v) is 9.82. The minimum Gasteiger partial charge on any atom is -0.480 e. The van der Waals surface area contributed by atoms with Crippen molar-refractivity contribution in [3.8, 4) is 0 Å². The quantitative estimate of drug-likeness (QED) is 0.0609. The van der Waals surface area contributed by atoms with E-state index in [1.807, 2.05) is 0 Å². The normalized spacial score (nSPS) is 25.6.